The molecule has 0 aliphatic heterocycles. The quantitative estimate of drug-likeness (QED) is 0.309. The molecular formula is C21H14F4N2O3. The SMILES string of the molecule is COC(=O)c1ccc(Oc2ccc(N=Cc3ccc(C(F)(F)F)cc3)cn2)c(F)c1. The number of carbonyl (C=O) groups is 1. The van der Waals surface area contributed by atoms with Gasteiger partial charge in [-0.25, -0.2) is 14.2 Å². The van der Waals surface area contributed by atoms with E-state index in [1.807, 2.05) is 0 Å². The third-order valence-electron chi connectivity index (χ3n) is 3.89. The molecule has 0 aliphatic carbocycles. The van der Waals surface area contributed by atoms with Crippen molar-refractivity contribution in [3.8, 4) is 11.6 Å². The summed E-state index contributed by atoms with van der Waals surface area (Å²) >= 11 is 0. The van der Waals surface area contributed by atoms with Crippen LogP contribution in [0, 0.1) is 5.82 Å². The van der Waals surface area contributed by atoms with Crippen molar-refractivity contribution in [1.82, 2.24) is 4.98 Å². The van der Waals surface area contributed by atoms with Crippen LogP contribution < -0.4 is 4.74 Å². The summed E-state index contributed by atoms with van der Waals surface area (Å²) in [4.78, 5) is 19.5. The topological polar surface area (TPSA) is 60.8 Å². The van der Waals surface area contributed by atoms with E-state index in [1.54, 1.807) is 6.07 Å². The minimum Gasteiger partial charge on any atom is -0.465 e. The number of hydrogen-bond acceptors (Lipinski definition) is 5. The van der Waals surface area contributed by atoms with Crippen molar-refractivity contribution in [1.29, 1.82) is 0 Å². The van der Waals surface area contributed by atoms with E-state index in [9.17, 15) is 22.4 Å². The number of aromatic nitrogens is 1. The number of methoxy groups -OCH3 is 1. The van der Waals surface area contributed by atoms with Crippen LogP contribution in [0.5, 0.6) is 11.6 Å². The van der Waals surface area contributed by atoms with Gasteiger partial charge in [-0.1, -0.05) is 12.1 Å². The molecule has 1 heterocycles. The molecule has 5 nitrogen and oxygen atoms in total. The zero-order chi connectivity index (χ0) is 21.7. The summed E-state index contributed by atoms with van der Waals surface area (Å²) in [5.74, 6) is -1.47. The summed E-state index contributed by atoms with van der Waals surface area (Å²) in [5, 5.41) is 0. The lowest BCUT2D eigenvalue weighted by Gasteiger charge is -2.07. The van der Waals surface area contributed by atoms with Crippen molar-refractivity contribution < 1.29 is 31.8 Å². The van der Waals surface area contributed by atoms with E-state index in [4.69, 9.17) is 4.74 Å². The number of carbonyl (C=O) groups excluding carboxylic acids is 1. The molecule has 0 radical (unpaired) electrons. The molecule has 0 amide bonds. The average Bonchev–Trinajstić information content (AvgIpc) is 2.73. The van der Waals surface area contributed by atoms with Gasteiger partial charge in [-0.2, -0.15) is 13.2 Å². The fourth-order valence-electron chi connectivity index (χ4n) is 2.36. The number of rotatable bonds is 5. The second kappa shape index (κ2) is 8.73. The fourth-order valence-corrected chi connectivity index (χ4v) is 2.36. The van der Waals surface area contributed by atoms with Gasteiger partial charge >= 0.3 is 12.1 Å². The van der Waals surface area contributed by atoms with Gasteiger partial charge in [0.15, 0.2) is 11.6 Å². The molecular weight excluding hydrogens is 404 g/mol. The Kier molecular flexibility index (Phi) is 6.10. The maximum Gasteiger partial charge on any atom is 0.416 e. The highest BCUT2D eigenvalue weighted by Gasteiger charge is 2.29. The Balaban J connectivity index is 1.66. The van der Waals surface area contributed by atoms with Gasteiger partial charge in [0, 0.05) is 12.3 Å². The Morgan fingerprint density at radius 2 is 1.80 bits per heavy atom. The Labute approximate surface area is 168 Å². The van der Waals surface area contributed by atoms with E-state index >= 15 is 0 Å². The first-order valence-electron chi connectivity index (χ1n) is 8.49. The van der Waals surface area contributed by atoms with Gasteiger partial charge in [-0.15, -0.1) is 0 Å². The number of ether oxygens (including phenoxy) is 2. The Morgan fingerprint density at radius 3 is 2.37 bits per heavy atom. The molecule has 154 valence electrons. The molecule has 3 aromatic rings. The first-order chi connectivity index (χ1) is 14.3. The van der Waals surface area contributed by atoms with Crippen LogP contribution in [0.15, 0.2) is 65.8 Å². The van der Waals surface area contributed by atoms with Gasteiger partial charge in [0.05, 0.1) is 30.1 Å². The van der Waals surface area contributed by atoms with Gasteiger partial charge in [-0.05, 0) is 42.0 Å². The van der Waals surface area contributed by atoms with Crippen LogP contribution in [-0.4, -0.2) is 24.3 Å². The number of esters is 1. The van der Waals surface area contributed by atoms with E-state index in [2.05, 4.69) is 14.7 Å². The number of halogens is 4. The number of aliphatic imine (C=N–C) groups is 1. The molecule has 9 heteroatoms. The number of pyridine rings is 1. The molecule has 2 aromatic carbocycles. The highest BCUT2D eigenvalue weighted by atomic mass is 19.4. The highest BCUT2D eigenvalue weighted by molar-refractivity contribution is 5.89. The molecule has 0 N–H and O–H groups in total. The molecule has 0 aliphatic rings. The Hall–Kier alpha value is -3.75. The molecule has 0 saturated carbocycles. The number of benzene rings is 2. The minimum atomic E-state index is -4.39. The van der Waals surface area contributed by atoms with Gasteiger partial charge in [0.2, 0.25) is 5.88 Å². The molecule has 30 heavy (non-hydrogen) atoms. The van der Waals surface area contributed by atoms with E-state index in [0.717, 1.165) is 18.2 Å². The summed E-state index contributed by atoms with van der Waals surface area (Å²) < 4.78 is 61.6. The van der Waals surface area contributed by atoms with Crippen LogP contribution in [0.4, 0.5) is 23.2 Å². The predicted octanol–water partition coefficient (Wildman–Crippen LogP) is 5.57. The average molecular weight is 418 g/mol. The maximum atomic E-state index is 14.1. The molecule has 0 atom stereocenters. The summed E-state index contributed by atoms with van der Waals surface area (Å²) in [7, 11) is 1.19. The molecule has 1 aromatic heterocycles. The Morgan fingerprint density at radius 1 is 1.07 bits per heavy atom. The van der Waals surface area contributed by atoms with Gasteiger partial charge in [-0.3, -0.25) is 4.99 Å². The van der Waals surface area contributed by atoms with Crippen LogP contribution in [0.1, 0.15) is 21.5 Å². The summed E-state index contributed by atoms with van der Waals surface area (Å²) in [5.41, 5.74) is 0.206. The maximum absolute atomic E-state index is 14.1. The third kappa shape index (κ3) is 5.19. The van der Waals surface area contributed by atoms with Crippen molar-refractivity contribution in [3.63, 3.8) is 0 Å². The van der Waals surface area contributed by atoms with E-state index in [0.29, 0.717) is 11.3 Å². The second-order valence-corrected chi connectivity index (χ2v) is 5.97. The monoisotopic (exact) mass is 418 g/mol. The van der Waals surface area contributed by atoms with Gasteiger partial charge < -0.3 is 9.47 Å². The lowest BCUT2D eigenvalue weighted by molar-refractivity contribution is -0.137. The smallest absolute Gasteiger partial charge is 0.416 e. The van der Waals surface area contributed by atoms with Crippen molar-refractivity contribution in [2.45, 2.75) is 6.18 Å². The van der Waals surface area contributed by atoms with E-state index in [1.165, 1.54) is 49.9 Å². The van der Waals surface area contributed by atoms with Crippen molar-refractivity contribution in [2.75, 3.05) is 7.11 Å². The normalized spacial score (nSPS) is 11.5. The van der Waals surface area contributed by atoms with Gasteiger partial charge in [0.1, 0.15) is 0 Å². The van der Waals surface area contributed by atoms with Crippen LogP contribution in [0.25, 0.3) is 0 Å². The third-order valence-corrected chi connectivity index (χ3v) is 3.89. The largest absolute Gasteiger partial charge is 0.465 e. The number of alkyl halides is 3. The zero-order valence-corrected chi connectivity index (χ0v) is 15.5. The second-order valence-electron chi connectivity index (χ2n) is 5.97. The van der Waals surface area contributed by atoms with Crippen LogP contribution in [-0.2, 0) is 10.9 Å². The number of nitrogens with zero attached hydrogens (tertiary/aromatic N) is 2. The molecule has 0 unspecified atom stereocenters. The van der Waals surface area contributed by atoms with Crippen LogP contribution in [0.2, 0.25) is 0 Å². The molecule has 3 rings (SSSR count). The predicted molar refractivity (Wildman–Crippen MR) is 101 cm³/mol. The first-order valence-corrected chi connectivity index (χ1v) is 8.49. The first kappa shape index (κ1) is 21.0. The zero-order valence-electron chi connectivity index (χ0n) is 15.5. The van der Waals surface area contributed by atoms with Crippen molar-refractivity contribution in [2.24, 2.45) is 4.99 Å². The summed E-state index contributed by atoms with van der Waals surface area (Å²) in [6, 6.07) is 11.2. The highest BCUT2D eigenvalue weighted by Crippen LogP contribution is 2.29. The minimum absolute atomic E-state index is 0.0447. The Bertz CT molecular complexity index is 1060. The van der Waals surface area contributed by atoms with Crippen LogP contribution >= 0.6 is 0 Å². The molecule has 0 spiro atoms. The van der Waals surface area contributed by atoms with Gasteiger partial charge in [0.25, 0.3) is 0 Å². The lowest BCUT2D eigenvalue weighted by Crippen LogP contribution is -2.04. The molecule has 0 fully saturated rings. The standard InChI is InChI=1S/C21H14F4N2O3/c1-29-20(28)14-4-8-18(17(22)10-14)30-19-9-7-16(12-27-19)26-11-13-2-5-15(6-3-13)21(23,24)25/h2-12H,1H3. The lowest BCUT2D eigenvalue weighted by atomic mass is 10.1. The molecule has 0 bridgehead atoms. The molecule has 0 saturated heterocycles. The van der Waals surface area contributed by atoms with E-state index in [-0.39, 0.29) is 17.2 Å². The summed E-state index contributed by atoms with van der Waals surface area (Å²) in [6.07, 6.45) is -1.64. The number of hydrogen-bond donors (Lipinski definition) is 0. The summed E-state index contributed by atoms with van der Waals surface area (Å²) in [6.45, 7) is 0. The van der Waals surface area contributed by atoms with Crippen molar-refractivity contribution >= 4 is 17.9 Å². The van der Waals surface area contributed by atoms with Crippen LogP contribution in [0.3, 0.4) is 0 Å². The van der Waals surface area contributed by atoms with Crippen molar-refractivity contribution in [3.05, 3.63) is 83.3 Å². The fraction of sp³-hybridized carbons (Fsp3) is 0.0952. The van der Waals surface area contributed by atoms with E-state index < -0.39 is 23.5 Å².